The summed E-state index contributed by atoms with van der Waals surface area (Å²) in [5.41, 5.74) is 1.49. The largest absolute Gasteiger partial charge is 0.396 e. The highest BCUT2D eigenvalue weighted by Gasteiger charge is 2.14. The van der Waals surface area contributed by atoms with Crippen LogP contribution in [0.3, 0.4) is 0 Å². The lowest BCUT2D eigenvalue weighted by Crippen LogP contribution is -2.40. The van der Waals surface area contributed by atoms with Crippen molar-refractivity contribution in [2.45, 2.75) is 26.8 Å². The SMILES string of the molecule is Cc1cccc(NC(=O)NC(C)C(C)CO)c1Cl. The van der Waals surface area contributed by atoms with Crippen molar-refractivity contribution in [2.24, 2.45) is 5.92 Å². The second-order valence-corrected chi connectivity index (χ2v) is 4.86. The first-order valence-electron chi connectivity index (χ1n) is 5.89. The molecule has 1 aromatic rings. The monoisotopic (exact) mass is 270 g/mol. The molecule has 0 aliphatic carbocycles. The lowest BCUT2D eigenvalue weighted by molar-refractivity contribution is 0.204. The van der Waals surface area contributed by atoms with Crippen LogP contribution in [0.25, 0.3) is 0 Å². The molecule has 18 heavy (non-hydrogen) atoms. The predicted molar refractivity (Wildman–Crippen MR) is 74.1 cm³/mol. The Balaban J connectivity index is 2.62. The Bertz CT molecular complexity index is 423. The molecule has 2 unspecified atom stereocenters. The number of halogens is 1. The third-order valence-electron chi connectivity index (χ3n) is 2.94. The number of rotatable bonds is 4. The number of amides is 2. The summed E-state index contributed by atoms with van der Waals surface area (Å²) in [6, 6.07) is 5.02. The summed E-state index contributed by atoms with van der Waals surface area (Å²) in [6.45, 7) is 5.62. The molecule has 0 aromatic heterocycles. The van der Waals surface area contributed by atoms with E-state index < -0.39 is 0 Å². The molecular formula is C13H19ClN2O2. The second kappa shape index (κ2) is 6.61. The summed E-state index contributed by atoms with van der Waals surface area (Å²) in [6.07, 6.45) is 0. The third kappa shape index (κ3) is 3.89. The number of anilines is 1. The maximum absolute atomic E-state index is 11.7. The van der Waals surface area contributed by atoms with Gasteiger partial charge in [-0.05, 0) is 31.4 Å². The van der Waals surface area contributed by atoms with E-state index in [1.54, 1.807) is 6.07 Å². The quantitative estimate of drug-likeness (QED) is 0.788. The minimum atomic E-state index is -0.324. The third-order valence-corrected chi connectivity index (χ3v) is 3.44. The second-order valence-electron chi connectivity index (χ2n) is 4.48. The van der Waals surface area contributed by atoms with Gasteiger partial charge in [0.2, 0.25) is 0 Å². The average Bonchev–Trinajstić information content (AvgIpc) is 2.33. The van der Waals surface area contributed by atoms with Gasteiger partial charge in [-0.2, -0.15) is 0 Å². The molecule has 0 heterocycles. The fraction of sp³-hybridized carbons (Fsp3) is 0.462. The Labute approximate surface area is 112 Å². The van der Waals surface area contributed by atoms with Crippen molar-refractivity contribution in [3.8, 4) is 0 Å². The Morgan fingerprint density at radius 2 is 2.11 bits per heavy atom. The summed E-state index contributed by atoms with van der Waals surface area (Å²) in [5, 5.41) is 15.0. The van der Waals surface area contributed by atoms with E-state index in [2.05, 4.69) is 10.6 Å². The van der Waals surface area contributed by atoms with Gasteiger partial charge in [0.05, 0.1) is 10.7 Å². The van der Waals surface area contributed by atoms with Crippen molar-refractivity contribution in [1.82, 2.24) is 5.32 Å². The maximum Gasteiger partial charge on any atom is 0.319 e. The molecule has 0 aliphatic rings. The predicted octanol–water partition coefficient (Wildman–Crippen LogP) is 2.79. The summed E-state index contributed by atoms with van der Waals surface area (Å²) in [5.74, 6) is 0.00346. The number of aliphatic hydroxyl groups is 1. The zero-order chi connectivity index (χ0) is 13.7. The van der Waals surface area contributed by atoms with Gasteiger partial charge in [-0.25, -0.2) is 4.79 Å². The first kappa shape index (κ1) is 14.8. The molecule has 0 fully saturated rings. The number of benzene rings is 1. The lowest BCUT2D eigenvalue weighted by Gasteiger charge is -2.19. The molecule has 1 rings (SSSR count). The van der Waals surface area contributed by atoms with E-state index >= 15 is 0 Å². The molecular weight excluding hydrogens is 252 g/mol. The first-order chi connectivity index (χ1) is 8.45. The molecule has 0 bridgehead atoms. The molecule has 4 nitrogen and oxygen atoms in total. The highest BCUT2D eigenvalue weighted by Crippen LogP contribution is 2.24. The Morgan fingerprint density at radius 3 is 2.72 bits per heavy atom. The summed E-state index contributed by atoms with van der Waals surface area (Å²) >= 11 is 6.08. The van der Waals surface area contributed by atoms with Gasteiger partial charge in [0.25, 0.3) is 0 Å². The summed E-state index contributed by atoms with van der Waals surface area (Å²) in [4.78, 5) is 11.7. The van der Waals surface area contributed by atoms with E-state index in [4.69, 9.17) is 16.7 Å². The van der Waals surface area contributed by atoms with Crippen LogP contribution in [0.2, 0.25) is 5.02 Å². The number of carbonyl (C=O) groups excluding carboxylic acids is 1. The van der Waals surface area contributed by atoms with Gasteiger partial charge in [0.15, 0.2) is 0 Å². The van der Waals surface area contributed by atoms with Crippen LogP contribution in [0.15, 0.2) is 18.2 Å². The van der Waals surface area contributed by atoms with Crippen molar-refractivity contribution < 1.29 is 9.90 Å². The Kier molecular flexibility index (Phi) is 5.44. The molecule has 3 N–H and O–H groups in total. The number of hydrogen-bond acceptors (Lipinski definition) is 2. The minimum absolute atomic E-state index is 0.00346. The van der Waals surface area contributed by atoms with Crippen LogP contribution in [0, 0.1) is 12.8 Å². The molecule has 0 saturated heterocycles. The van der Waals surface area contributed by atoms with Crippen LogP contribution in [0.4, 0.5) is 10.5 Å². The topological polar surface area (TPSA) is 61.4 Å². The highest BCUT2D eigenvalue weighted by molar-refractivity contribution is 6.34. The summed E-state index contributed by atoms with van der Waals surface area (Å²) in [7, 11) is 0. The Hall–Kier alpha value is -1.26. The van der Waals surface area contributed by atoms with Crippen LogP contribution in [-0.2, 0) is 0 Å². The van der Waals surface area contributed by atoms with E-state index in [1.807, 2.05) is 32.9 Å². The van der Waals surface area contributed by atoms with Crippen LogP contribution < -0.4 is 10.6 Å². The van der Waals surface area contributed by atoms with E-state index in [0.717, 1.165) is 5.56 Å². The zero-order valence-corrected chi connectivity index (χ0v) is 11.6. The molecule has 0 radical (unpaired) electrons. The number of carbonyl (C=O) groups is 1. The number of hydrogen-bond donors (Lipinski definition) is 3. The van der Waals surface area contributed by atoms with Gasteiger partial charge >= 0.3 is 6.03 Å². The van der Waals surface area contributed by atoms with Gasteiger partial charge < -0.3 is 15.7 Å². The minimum Gasteiger partial charge on any atom is -0.396 e. The van der Waals surface area contributed by atoms with Crippen molar-refractivity contribution in [2.75, 3.05) is 11.9 Å². The standard InChI is InChI=1S/C13H19ClN2O2/c1-8-5-4-6-11(12(8)14)16-13(18)15-10(3)9(2)7-17/h4-6,9-10,17H,7H2,1-3H3,(H2,15,16,18). The zero-order valence-electron chi connectivity index (χ0n) is 10.8. The van der Waals surface area contributed by atoms with Crippen molar-refractivity contribution in [1.29, 1.82) is 0 Å². The Morgan fingerprint density at radius 1 is 1.44 bits per heavy atom. The number of aliphatic hydroxyl groups excluding tert-OH is 1. The summed E-state index contributed by atoms with van der Waals surface area (Å²) < 4.78 is 0. The smallest absolute Gasteiger partial charge is 0.319 e. The fourth-order valence-corrected chi connectivity index (χ4v) is 1.58. The highest BCUT2D eigenvalue weighted by atomic mass is 35.5. The van der Waals surface area contributed by atoms with Gasteiger partial charge in [-0.3, -0.25) is 0 Å². The van der Waals surface area contributed by atoms with Gasteiger partial charge in [-0.1, -0.05) is 30.7 Å². The van der Waals surface area contributed by atoms with Crippen LogP contribution >= 0.6 is 11.6 Å². The van der Waals surface area contributed by atoms with E-state index in [1.165, 1.54) is 0 Å². The van der Waals surface area contributed by atoms with Gasteiger partial charge in [0.1, 0.15) is 0 Å². The molecule has 1 aromatic carbocycles. The molecule has 2 amide bonds. The molecule has 5 heteroatoms. The van der Waals surface area contributed by atoms with E-state index in [-0.39, 0.29) is 24.6 Å². The van der Waals surface area contributed by atoms with Gasteiger partial charge in [0, 0.05) is 12.6 Å². The van der Waals surface area contributed by atoms with Crippen LogP contribution in [0.5, 0.6) is 0 Å². The molecule has 0 spiro atoms. The number of urea groups is 1. The first-order valence-corrected chi connectivity index (χ1v) is 6.27. The van der Waals surface area contributed by atoms with Crippen LogP contribution in [-0.4, -0.2) is 23.8 Å². The lowest BCUT2D eigenvalue weighted by atomic mass is 10.1. The van der Waals surface area contributed by atoms with Crippen molar-refractivity contribution >= 4 is 23.3 Å². The van der Waals surface area contributed by atoms with E-state index in [0.29, 0.717) is 10.7 Å². The van der Waals surface area contributed by atoms with Crippen molar-refractivity contribution in [3.05, 3.63) is 28.8 Å². The van der Waals surface area contributed by atoms with Crippen LogP contribution in [0.1, 0.15) is 19.4 Å². The maximum atomic E-state index is 11.7. The normalized spacial score (nSPS) is 13.8. The fourth-order valence-electron chi connectivity index (χ4n) is 1.41. The van der Waals surface area contributed by atoms with Gasteiger partial charge in [-0.15, -0.1) is 0 Å². The van der Waals surface area contributed by atoms with E-state index in [9.17, 15) is 4.79 Å². The average molecular weight is 271 g/mol. The van der Waals surface area contributed by atoms with Crippen molar-refractivity contribution in [3.63, 3.8) is 0 Å². The molecule has 0 saturated carbocycles. The number of nitrogens with one attached hydrogen (secondary N) is 2. The molecule has 2 atom stereocenters. The molecule has 0 aliphatic heterocycles. The molecule has 100 valence electrons. The number of aryl methyl sites for hydroxylation is 1.